The Morgan fingerprint density at radius 1 is 1.08 bits per heavy atom. The number of benzene rings is 1. The number of hydrogen-bond donors (Lipinski definition) is 0. The lowest BCUT2D eigenvalue weighted by Crippen LogP contribution is -2.51. The maximum Gasteiger partial charge on any atom is 0.270 e. The summed E-state index contributed by atoms with van der Waals surface area (Å²) in [6.45, 7) is 6.54. The van der Waals surface area contributed by atoms with E-state index in [9.17, 15) is 9.59 Å². The normalized spacial score (nSPS) is 19.4. The van der Waals surface area contributed by atoms with Gasteiger partial charge in [-0.1, -0.05) is 25.1 Å². The minimum Gasteiger partial charge on any atom is -0.335 e. The van der Waals surface area contributed by atoms with E-state index in [1.807, 2.05) is 35.2 Å². The van der Waals surface area contributed by atoms with Gasteiger partial charge in [-0.3, -0.25) is 14.5 Å². The Balaban J connectivity index is 1.70. The van der Waals surface area contributed by atoms with Crippen LogP contribution in [0.25, 0.3) is 0 Å². The molecular formula is C18H24N4O2. The van der Waals surface area contributed by atoms with Gasteiger partial charge in [0.2, 0.25) is 5.91 Å². The van der Waals surface area contributed by atoms with Crippen LogP contribution in [-0.2, 0) is 9.59 Å². The Morgan fingerprint density at radius 2 is 1.79 bits per heavy atom. The molecule has 2 aliphatic heterocycles. The minimum absolute atomic E-state index is 0.0282. The summed E-state index contributed by atoms with van der Waals surface area (Å²) in [5.74, 6) is -0.0925. The Labute approximate surface area is 142 Å². The molecule has 0 atom stereocenters. The summed E-state index contributed by atoms with van der Waals surface area (Å²) in [6.07, 6.45) is 1.89. The third-order valence-electron chi connectivity index (χ3n) is 4.48. The zero-order valence-corrected chi connectivity index (χ0v) is 14.1. The van der Waals surface area contributed by atoms with E-state index in [4.69, 9.17) is 0 Å². The third kappa shape index (κ3) is 3.64. The van der Waals surface area contributed by atoms with Gasteiger partial charge in [0.25, 0.3) is 5.91 Å². The van der Waals surface area contributed by atoms with E-state index in [2.05, 4.69) is 16.9 Å². The van der Waals surface area contributed by atoms with E-state index in [0.29, 0.717) is 24.2 Å². The molecule has 1 aromatic carbocycles. The molecule has 6 nitrogen and oxygen atoms in total. The monoisotopic (exact) mass is 328 g/mol. The van der Waals surface area contributed by atoms with Crippen LogP contribution < -0.4 is 5.01 Å². The van der Waals surface area contributed by atoms with Crippen molar-refractivity contribution in [1.82, 2.24) is 9.80 Å². The summed E-state index contributed by atoms with van der Waals surface area (Å²) in [5, 5.41) is 5.72. The summed E-state index contributed by atoms with van der Waals surface area (Å²) in [6, 6.07) is 9.28. The number of nitrogens with zero attached hydrogens (tertiary/aromatic N) is 4. The number of piperazine rings is 1. The second kappa shape index (κ2) is 7.57. The first-order valence-corrected chi connectivity index (χ1v) is 8.66. The fourth-order valence-corrected chi connectivity index (χ4v) is 3.15. The van der Waals surface area contributed by atoms with E-state index >= 15 is 0 Å². The van der Waals surface area contributed by atoms with Crippen molar-refractivity contribution in [3.05, 3.63) is 30.3 Å². The fourth-order valence-electron chi connectivity index (χ4n) is 3.15. The second-order valence-corrected chi connectivity index (χ2v) is 6.22. The Hall–Kier alpha value is -2.21. The van der Waals surface area contributed by atoms with Crippen molar-refractivity contribution < 1.29 is 9.59 Å². The lowest BCUT2D eigenvalue weighted by Gasteiger charge is -2.35. The van der Waals surface area contributed by atoms with Crippen LogP contribution in [0.1, 0.15) is 26.2 Å². The number of rotatable bonds is 4. The third-order valence-corrected chi connectivity index (χ3v) is 4.48. The van der Waals surface area contributed by atoms with Crippen LogP contribution >= 0.6 is 0 Å². The van der Waals surface area contributed by atoms with Crippen LogP contribution in [0.4, 0.5) is 5.69 Å². The Kier molecular flexibility index (Phi) is 5.25. The van der Waals surface area contributed by atoms with Gasteiger partial charge in [-0.25, -0.2) is 5.01 Å². The quantitative estimate of drug-likeness (QED) is 0.846. The van der Waals surface area contributed by atoms with Crippen LogP contribution in [-0.4, -0.2) is 60.0 Å². The number of hydrogen-bond acceptors (Lipinski definition) is 4. The lowest BCUT2D eigenvalue weighted by atomic mass is 10.1. The van der Waals surface area contributed by atoms with Gasteiger partial charge in [0, 0.05) is 39.0 Å². The van der Waals surface area contributed by atoms with E-state index in [1.54, 1.807) is 0 Å². The molecule has 2 amide bonds. The van der Waals surface area contributed by atoms with Gasteiger partial charge in [0.1, 0.15) is 5.71 Å². The van der Waals surface area contributed by atoms with Crippen LogP contribution in [0.5, 0.6) is 0 Å². The highest BCUT2D eigenvalue weighted by Crippen LogP contribution is 2.20. The highest BCUT2D eigenvalue weighted by atomic mass is 16.2. The Bertz CT molecular complexity index is 621. The number of carbonyl (C=O) groups excluding carboxylic acids is 2. The predicted octanol–water partition coefficient (Wildman–Crippen LogP) is 1.72. The fraction of sp³-hybridized carbons (Fsp3) is 0.500. The van der Waals surface area contributed by atoms with Crippen LogP contribution in [0.15, 0.2) is 35.4 Å². The molecule has 1 saturated heterocycles. The zero-order chi connectivity index (χ0) is 16.9. The number of amides is 2. The van der Waals surface area contributed by atoms with Crippen molar-refractivity contribution in [3.63, 3.8) is 0 Å². The van der Waals surface area contributed by atoms with Gasteiger partial charge in [-0.15, -0.1) is 0 Å². The molecule has 0 N–H and O–H groups in total. The summed E-state index contributed by atoms with van der Waals surface area (Å²) in [7, 11) is 0. The number of para-hydroxylation sites is 1. The molecule has 1 fully saturated rings. The van der Waals surface area contributed by atoms with Crippen molar-refractivity contribution in [2.45, 2.75) is 26.2 Å². The maximum atomic E-state index is 12.7. The summed E-state index contributed by atoms with van der Waals surface area (Å²) in [4.78, 5) is 29.1. The average Bonchev–Trinajstić information content (AvgIpc) is 2.63. The van der Waals surface area contributed by atoms with Crippen LogP contribution in [0.3, 0.4) is 0 Å². The molecule has 0 unspecified atom stereocenters. The zero-order valence-electron chi connectivity index (χ0n) is 14.1. The molecule has 2 heterocycles. The largest absolute Gasteiger partial charge is 0.335 e. The molecule has 3 rings (SSSR count). The smallest absolute Gasteiger partial charge is 0.270 e. The molecule has 2 aliphatic rings. The SMILES string of the molecule is CCCN1CCN(C(=O)C2=NN(c3ccccc3)C(=O)CC2)CC1. The van der Waals surface area contributed by atoms with Crippen LogP contribution in [0, 0.1) is 0 Å². The number of anilines is 1. The lowest BCUT2D eigenvalue weighted by molar-refractivity contribution is -0.126. The molecule has 6 heteroatoms. The highest BCUT2D eigenvalue weighted by Gasteiger charge is 2.29. The van der Waals surface area contributed by atoms with E-state index in [0.717, 1.165) is 39.1 Å². The Morgan fingerprint density at radius 3 is 2.46 bits per heavy atom. The van der Waals surface area contributed by atoms with Gasteiger partial charge in [0.05, 0.1) is 5.69 Å². The van der Waals surface area contributed by atoms with Gasteiger partial charge in [0.15, 0.2) is 0 Å². The predicted molar refractivity (Wildman–Crippen MR) is 93.9 cm³/mol. The first-order chi connectivity index (χ1) is 11.7. The molecule has 0 aromatic heterocycles. The van der Waals surface area contributed by atoms with Gasteiger partial charge < -0.3 is 4.90 Å². The van der Waals surface area contributed by atoms with Crippen molar-refractivity contribution >= 4 is 23.2 Å². The first-order valence-electron chi connectivity index (χ1n) is 8.66. The summed E-state index contributed by atoms with van der Waals surface area (Å²) in [5.41, 5.74) is 1.20. The first kappa shape index (κ1) is 16.6. The van der Waals surface area contributed by atoms with Gasteiger partial charge in [-0.2, -0.15) is 5.10 Å². The molecule has 1 aromatic rings. The van der Waals surface area contributed by atoms with Crippen molar-refractivity contribution in [2.75, 3.05) is 37.7 Å². The molecule has 0 bridgehead atoms. The molecule has 0 aliphatic carbocycles. The number of hydrazone groups is 1. The standard InChI is InChI=1S/C18H24N4O2/c1-2-10-20-11-13-21(14-12-20)18(24)16-8-9-17(23)22(19-16)15-6-4-3-5-7-15/h3-7H,2,8-14H2,1H3. The molecule has 0 saturated carbocycles. The van der Waals surface area contributed by atoms with Crippen LogP contribution in [0.2, 0.25) is 0 Å². The average molecular weight is 328 g/mol. The van der Waals surface area contributed by atoms with E-state index < -0.39 is 0 Å². The van der Waals surface area contributed by atoms with Crippen molar-refractivity contribution in [2.24, 2.45) is 5.10 Å². The number of carbonyl (C=O) groups is 2. The maximum absolute atomic E-state index is 12.7. The molecule has 0 radical (unpaired) electrons. The molecule has 128 valence electrons. The minimum atomic E-state index is -0.0643. The highest BCUT2D eigenvalue weighted by molar-refractivity contribution is 6.40. The molecule has 0 spiro atoms. The summed E-state index contributed by atoms with van der Waals surface area (Å²) >= 11 is 0. The molecule has 24 heavy (non-hydrogen) atoms. The summed E-state index contributed by atoms with van der Waals surface area (Å²) < 4.78 is 0. The van der Waals surface area contributed by atoms with E-state index in [-0.39, 0.29) is 11.8 Å². The van der Waals surface area contributed by atoms with E-state index in [1.165, 1.54) is 5.01 Å². The van der Waals surface area contributed by atoms with Gasteiger partial charge >= 0.3 is 0 Å². The van der Waals surface area contributed by atoms with Crippen molar-refractivity contribution in [1.29, 1.82) is 0 Å². The van der Waals surface area contributed by atoms with Crippen molar-refractivity contribution in [3.8, 4) is 0 Å². The second-order valence-electron chi connectivity index (χ2n) is 6.22. The topological polar surface area (TPSA) is 56.2 Å². The molecular weight excluding hydrogens is 304 g/mol. The van der Waals surface area contributed by atoms with Gasteiger partial charge in [-0.05, 0) is 25.1 Å².